The summed E-state index contributed by atoms with van der Waals surface area (Å²) < 4.78 is 0. The summed E-state index contributed by atoms with van der Waals surface area (Å²) in [7, 11) is 0. The smallest absolute Gasteiger partial charge is 0.137 e. The average Bonchev–Trinajstić information content (AvgIpc) is 3.25. The Morgan fingerprint density at radius 3 is 2.92 bits per heavy atom. The molecule has 4 unspecified atom stereocenters. The average molecular weight is 320 g/mol. The van der Waals surface area contributed by atoms with E-state index in [-0.39, 0.29) is 6.04 Å². The molecule has 0 spiro atoms. The largest absolute Gasteiger partial charge is 0.342 e. The maximum atomic E-state index is 4.42. The highest BCUT2D eigenvalue weighted by Crippen LogP contribution is 2.38. The van der Waals surface area contributed by atoms with E-state index in [1.807, 2.05) is 30.7 Å². The van der Waals surface area contributed by atoms with Crippen molar-refractivity contribution in [2.24, 2.45) is 5.92 Å². The van der Waals surface area contributed by atoms with Crippen LogP contribution in [0.2, 0.25) is 0 Å². The molecule has 0 saturated carbocycles. The van der Waals surface area contributed by atoms with Gasteiger partial charge in [0, 0.05) is 54.2 Å². The Bertz CT molecular complexity index is 812. The third-order valence-corrected chi connectivity index (χ3v) is 5.30. The molecule has 4 N–H and O–H groups in total. The topological polar surface area (TPSA) is 77.7 Å². The number of hydrogen-bond acceptors (Lipinski definition) is 5. The molecule has 3 aromatic rings. The van der Waals surface area contributed by atoms with E-state index in [9.17, 15) is 0 Å². The molecule has 5 heterocycles. The molecule has 0 bridgehead atoms. The van der Waals surface area contributed by atoms with Gasteiger partial charge in [0.25, 0.3) is 0 Å². The molecule has 24 heavy (non-hydrogen) atoms. The van der Waals surface area contributed by atoms with Crippen molar-refractivity contribution in [1.82, 2.24) is 31.1 Å². The van der Waals surface area contributed by atoms with Crippen molar-refractivity contribution in [2.45, 2.75) is 24.5 Å². The minimum absolute atomic E-state index is 0.269. The zero-order valence-corrected chi connectivity index (χ0v) is 13.2. The van der Waals surface area contributed by atoms with E-state index in [4.69, 9.17) is 0 Å². The van der Waals surface area contributed by atoms with Gasteiger partial charge in [-0.2, -0.15) is 0 Å². The minimum atomic E-state index is 0.269. The van der Waals surface area contributed by atoms with Crippen LogP contribution < -0.4 is 16.2 Å². The standard InChI is InChI=1S/C18H20N6/c1-4-12(9-19-5-1)14-8-13-16(10-21-14)23-24-17(13)15-7-11-3-2-6-20-18(11)22-15/h1-7,9,13-14,16-17,21,23-24H,8,10H2,(H,20,22). The number of pyridine rings is 2. The predicted molar refractivity (Wildman–Crippen MR) is 92.0 cm³/mol. The molecule has 2 aliphatic heterocycles. The predicted octanol–water partition coefficient (Wildman–Crippen LogP) is 1.83. The maximum absolute atomic E-state index is 4.42. The lowest BCUT2D eigenvalue weighted by Gasteiger charge is -2.34. The molecule has 0 aromatic carbocycles. The quantitative estimate of drug-likeness (QED) is 0.579. The van der Waals surface area contributed by atoms with E-state index in [1.165, 1.54) is 11.3 Å². The Hall–Kier alpha value is -2.28. The Balaban J connectivity index is 1.43. The van der Waals surface area contributed by atoms with E-state index < -0.39 is 0 Å². The van der Waals surface area contributed by atoms with Gasteiger partial charge in [-0.3, -0.25) is 10.4 Å². The number of nitrogens with one attached hydrogen (secondary N) is 4. The molecule has 0 amide bonds. The Morgan fingerprint density at radius 2 is 2.04 bits per heavy atom. The molecule has 0 aliphatic carbocycles. The molecule has 5 rings (SSSR count). The Labute approximate surface area is 140 Å². The zero-order chi connectivity index (χ0) is 15.9. The second-order valence-electron chi connectivity index (χ2n) is 6.69. The summed E-state index contributed by atoms with van der Waals surface area (Å²) in [5.41, 5.74) is 10.4. The third kappa shape index (κ3) is 2.31. The van der Waals surface area contributed by atoms with Crippen LogP contribution in [0.5, 0.6) is 0 Å². The number of hydrogen-bond donors (Lipinski definition) is 4. The van der Waals surface area contributed by atoms with E-state index in [1.54, 1.807) is 0 Å². The number of aromatic nitrogens is 3. The van der Waals surface area contributed by atoms with Crippen LogP contribution >= 0.6 is 0 Å². The second kappa shape index (κ2) is 5.66. The lowest BCUT2D eigenvalue weighted by Crippen LogP contribution is -2.46. The van der Waals surface area contributed by atoms with Gasteiger partial charge in [0.2, 0.25) is 0 Å². The third-order valence-electron chi connectivity index (χ3n) is 5.30. The van der Waals surface area contributed by atoms with Crippen LogP contribution in [0.25, 0.3) is 11.0 Å². The van der Waals surface area contributed by atoms with Crippen molar-refractivity contribution in [3.63, 3.8) is 0 Å². The van der Waals surface area contributed by atoms with Gasteiger partial charge in [-0.15, -0.1) is 0 Å². The van der Waals surface area contributed by atoms with Gasteiger partial charge in [0.05, 0.1) is 6.04 Å². The van der Waals surface area contributed by atoms with Crippen molar-refractivity contribution in [3.05, 3.63) is 60.2 Å². The van der Waals surface area contributed by atoms with Gasteiger partial charge in [0.15, 0.2) is 0 Å². The number of hydrazine groups is 1. The molecule has 3 aromatic heterocycles. The van der Waals surface area contributed by atoms with E-state index in [2.05, 4.69) is 49.3 Å². The van der Waals surface area contributed by atoms with Crippen molar-refractivity contribution in [3.8, 4) is 0 Å². The van der Waals surface area contributed by atoms with Gasteiger partial charge in [-0.1, -0.05) is 6.07 Å². The van der Waals surface area contributed by atoms with Crippen LogP contribution in [-0.4, -0.2) is 27.5 Å². The highest BCUT2D eigenvalue weighted by atomic mass is 15.4. The van der Waals surface area contributed by atoms with Crippen LogP contribution in [-0.2, 0) is 0 Å². The molecule has 122 valence electrons. The summed E-state index contributed by atoms with van der Waals surface area (Å²) in [5.74, 6) is 0.518. The molecule has 2 aliphatic rings. The SMILES string of the molecule is c1cncc(C2CC3C(CN2)NNC3c2cc3cccnc3[nH]2)c1. The van der Waals surface area contributed by atoms with Gasteiger partial charge < -0.3 is 10.3 Å². The summed E-state index contributed by atoms with van der Waals surface area (Å²) in [5, 5.41) is 4.80. The van der Waals surface area contributed by atoms with Crippen LogP contribution in [0.1, 0.15) is 29.8 Å². The van der Waals surface area contributed by atoms with E-state index in [0.29, 0.717) is 18.0 Å². The minimum Gasteiger partial charge on any atom is -0.342 e. The fraction of sp³-hybridized carbons (Fsp3) is 0.333. The molecule has 4 atom stereocenters. The van der Waals surface area contributed by atoms with Gasteiger partial charge in [-0.25, -0.2) is 10.4 Å². The fourth-order valence-electron chi connectivity index (χ4n) is 4.06. The summed E-state index contributed by atoms with van der Waals surface area (Å²) >= 11 is 0. The molecule has 2 saturated heterocycles. The van der Waals surface area contributed by atoms with Gasteiger partial charge in [-0.05, 0) is 36.2 Å². The lowest BCUT2D eigenvalue weighted by molar-refractivity contribution is 0.265. The summed E-state index contributed by atoms with van der Waals surface area (Å²) in [6.07, 6.45) is 6.70. The highest BCUT2D eigenvalue weighted by Gasteiger charge is 2.41. The zero-order valence-electron chi connectivity index (χ0n) is 13.2. The van der Waals surface area contributed by atoms with Crippen LogP contribution in [0.15, 0.2) is 48.9 Å². The molecule has 6 heteroatoms. The Kier molecular flexibility index (Phi) is 3.33. The fourth-order valence-corrected chi connectivity index (χ4v) is 4.06. The van der Waals surface area contributed by atoms with E-state index in [0.717, 1.165) is 24.0 Å². The summed E-state index contributed by atoms with van der Waals surface area (Å²) in [4.78, 5) is 12.2. The number of aromatic amines is 1. The number of rotatable bonds is 2. The monoisotopic (exact) mass is 320 g/mol. The number of nitrogens with zero attached hydrogens (tertiary/aromatic N) is 2. The van der Waals surface area contributed by atoms with Gasteiger partial charge in [0.1, 0.15) is 5.65 Å². The molecular formula is C18H20N6. The first kappa shape index (κ1) is 14.1. The van der Waals surface area contributed by atoms with Crippen molar-refractivity contribution in [2.75, 3.05) is 6.54 Å². The number of piperidine rings is 1. The normalized spacial score (nSPS) is 29.7. The van der Waals surface area contributed by atoms with Crippen molar-refractivity contribution >= 4 is 11.0 Å². The molecular weight excluding hydrogens is 300 g/mol. The summed E-state index contributed by atoms with van der Waals surface area (Å²) in [6, 6.07) is 11.5. The summed E-state index contributed by atoms with van der Waals surface area (Å²) in [6.45, 7) is 0.951. The Morgan fingerprint density at radius 1 is 1.08 bits per heavy atom. The molecule has 6 nitrogen and oxygen atoms in total. The molecule has 2 fully saturated rings. The maximum Gasteiger partial charge on any atom is 0.137 e. The first-order valence-electron chi connectivity index (χ1n) is 8.46. The van der Waals surface area contributed by atoms with Crippen molar-refractivity contribution < 1.29 is 0 Å². The van der Waals surface area contributed by atoms with Crippen LogP contribution in [0.4, 0.5) is 0 Å². The first-order valence-corrected chi connectivity index (χ1v) is 8.46. The second-order valence-corrected chi connectivity index (χ2v) is 6.69. The van der Waals surface area contributed by atoms with Crippen molar-refractivity contribution in [1.29, 1.82) is 0 Å². The van der Waals surface area contributed by atoms with Gasteiger partial charge >= 0.3 is 0 Å². The van der Waals surface area contributed by atoms with Crippen LogP contribution in [0, 0.1) is 5.92 Å². The number of fused-ring (bicyclic) bond motifs is 2. The lowest BCUT2D eigenvalue weighted by atomic mass is 9.82. The highest BCUT2D eigenvalue weighted by molar-refractivity contribution is 5.76. The first-order chi connectivity index (χ1) is 11.9. The molecule has 0 radical (unpaired) electrons. The van der Waals surface area contributed by atoms with E-state index >= 15 is 0 Å². The number of H-pyrrole nitrogens is 1. The van der Waals surface area contributed by atoms with Crippen LogP contribution in [0.3, 0.4) is 0 Å².